The number of hydrogen-bond donors (Lipinski definition) is 1. The summed E-state index contributed by atoms with van der Waals surface area (Å²) in [5, 5.41) is 0.781. The zero-order valence-electron chi connectivity index (χ0n) is 15.5. The van der Waals surface area contributed by atoms with E-state index in [1.807, 2.05) is 42.5 Å². The monoisotopic (exact) mass is 408 g/mol. The van der Waals surface area contributed by atoms with E-state index < -0.39 is 10.8 Å². The number of hydrogen-bond acceptors (Lipinski definition) is 6. The van der Waals surface area contributed by atoms with Crippen molar-refractivity contribution >= 4 is 38.0 Å². The second kappa shape index (κ2) is 8.16. The summed E-state index contributed by atoms with van der Waals surface area (Å²) in [5.41, 5.74) is 9.55. The normalized spacial score (nSPS) is 12.3. The summed E-state index contributed by atoms with van der Waals surface area (Å²) in [7, 11) is -1.13. The van der Waals surface area contributed by atoms with Crippen LogP contribution in [0.2, 0.25) is 0 Å². The molecule has 0 aliphatic heterocycles. The van der Waals surface area contributed by atoms with E-state index >= 15 is 0 Å². The van der Waals surface area contributed by atoms with Crippen molar-refractivity contribution in [1.29, 1.82) is 0 Å². The molecule has 1 aromatic carbocycles. The first-order valence-electron chi connectivity index (χ1n) is 9.13. The van der Waals surface area contributed by atoms with Crippen molar-refractivity contribution in [1.82, 2.24) is 15.0 Å². The molecule has 0 aliphatic rings. The minimum Gasteiger partial charge on any atom is -0.396 e. The van der Waals surface area contributed by atoms with E-state index in [2.05, 4.69) is 11.9 Å². The highest BCUT2D eigenvalue weighted by Gasteiger charge is 2.21. The van der Waals surface area contributed by atoms with Crippen LogP contribution in [0.15, 0.2) is 59.1 Å². The summed E-state index contributed by atoms with van der Waals surface area (Å²) < 4.78 is 13.5. The number of aromatic nitrogens is 3. The molecule has 0 amide bonds. The minimum absolute atomic E-state index is 0.533. The highest BCUT2D eigenvalue weighted by Crippen LogP contribution is 2.41. The van der Waals surface area contributed by atoms with Crippen LogP contribution >= 0.6 is 11.3 Å². The Hall–Kier alpha value is -2.64. The predicted octanol–water partition coefficient (Wildman–Crippen LogP) is 4.91. The van der Waals surface area contributed by atoms with Gasteiger partial charge in [0.2, 0.25) is 0 Å². The van der Waals surface area contributed by atoms with E-state index in [0.717, 1.165) is 39.9 Å². The molecule has 0 saturated heterocycles. The smallest absolute Gasteiger partial charge is 0.162 e. The second-order valence-corrected chi connectivity index (χ2v) is 9.16. The van der Waals surface area contributed by atoms with Gasteiger partial charge in [-0.2, -0.15) is 0 Å². The van der Waals surface area contributed by atoms with Gasteiger partial charge in [0.15, 0.2) is 5.82 Å². The van der Waals surface area contributed by atoms with E-state index in [1.54, 1.807) is 12.4 Å². The lowest BCUT2D eigenvalue weighted by atomic mass is 10.1. The maximum absolute atomic E-state index is 12.8. The Kier molecular flexibility index (Phi) is 5.45. The summed E-state index contributed by atoms with van der Waals surface area (Å²) in [5.74, 6) is 1.20. The van der Waals surface area contributed by atoms with Gasteiger partial charge in [0, 0.05) is 29.3 Å². The highest BCUT2D eigenvalue weighted by molar-refractivity contribution is 7.87. The Morgan fingerprint density at radius 3 is 2.57 bits per heavy atom. The summed E-state index contributed by atoms with van der Waals surface area (Å²) in [4.78, 5) is 14.5. The van der Waals surface area contributed by atoms with Crippen LogP contribution in [0.1, 0.15) is 19.8 Å². The number of rotatable bonds is 6. The molecule has 3 heterocycles. The maximum Gasteiger partial charge on any atom is 0.162 e. The second-order valence-electron chi connectivity index (χ2n) is 6.39. The van der Waals surface area contributed by atoms with Gasteiger partial charge in [-0.3, -0.25) is 9.19 Å². The van der Waals surface area contributed by atoms with Crippen molar-refractivity contribution in [3.8, 4) is 22.6 Å². The van der Waals surface area contributed by atoms with Crippen LogP contribution in [0.3, 0.4) is 0 Å². The molecular weight excluding hydrogens is 388 g/mol. The number of nitrogen functional groups attached to an aromatic ring is 1. The topological polar surface area (TPSA) is 81.8 Å². The molecule has 28 heavy (non-hydrogen) atoms. The van der Waals surface area contributed by atoms with Gasteiger partial charge in [-0.15, -0.1) is 11.3 Å². The molecule has 0 spiro atoms. The zero-order valence-corrected chi connectivity index (χ0v) is 17.1. The summed E-state index contributed by atoms with van der Waals surface area (Å²) in [6.45, 7) is 2.09. The standard InChI is InChI=1S/C21H20N4OS2/c1-2-3-12-28(26)21-17(22)16-18(14-8-5-4-6-9-14)24-19(25-20(16)27-21)15-10-7-11-23-13-15/h4-11,13H,2-3,12,22H2,1H3/t28-/m0/s1. The average Bonchev–Trinajstić information content (AvgIpc) is 3.09. The number of anilines is 1. The predicted molar refractivity (Wildman–Crippen MR) is 117 cm³/mol. The molecule has 1 atom stereocenters. The van der Waals surface area contributed by atoms with Crippen LogP contribution in [0.4, 0.5) is 5.69 Å². The van der Waals surface area contributed by atoms with Crippen LogP contribution in [-0.4, -0.2) is 24.9 Å². The number of thiophene rings is 1. The minimum atomic E-state index is -1.13. The Labute approximate surface area is 170 Å². The van der Waals surface area contributed by atoms with Crippen molar-refractivity contribution in [3.05, 3.63) is 54.9 Å². The van der Waals surface area contributed by atoms with E-state index in [1.165, 1.54) is 11.3 Å². The van der Waals surface area contributed by atoms with Gasteiger partial charge in [0.05, 0.1) is 27.6 Å². The molecule has 0 saturated carbocycles. The number of pyridine rings is 1. The first-order chi connectivity index (χ1) is 13.7. The van der Waals surface area contributed by atoms with Gasteiger partial charge in [-0.05, 0) is 18.6 Å². The molecule has 0 aliphatic carbocycles. The third-order valence-corrected chi connectivity index (χ3v) is 7.41. The van der Waals surface area contributed by atoms with Gasteiger partial charge < -0.3 is 5.73 Å². The molecule has 0 fully saturated rings. The van der Waals surface area contributed by atoms with E-state index in [-0.39, 0.29) is 0 Å². The van der Waals surface area contributed by atoms with Crippen molar-refractivity contribution < 1.29 is 4.21 Å². The van der Waals surface area contributed by atoms with Crippen LogP contribution in [0, 0.1) is 0 Å². The van der Waals surface area contributed by atoms with Crippen LogP contribution in [0.25, 0.3) is 32.9 Å². The Morgan fingerprint density at radius 2 is 1.86 bits per heavy atom. The molecular formula is C21H20N4OS2. The fourth-order valence-electron chi connectivity index (χ4n) is 2.97. The number of benzene rings is 1. The fourth-order valence-corrected chi connectivity index (χ4v) is 5.74. The molecule has 2 N–H and O–H groups in total. The molecule has 3 aromatic heterocycles. The first-order valence-corrected chi connectivity index (χ1v) is 11.3. The van der Waals surface area contributed by atoms with Crippen LogP contribution in [-0.2, 0) is 10.8 Å². The number of nitrogens with zero attached hydrogens (tertiary/aromatic N) is 3. The van der Waals surface area contributed by atoms with Gasteiger partial charge in [0.25, 0.3) is 0 Å². The third kappa shape index (κ3) is 3.55. The first kappa shape index (κ1) is 18.7. The molecule has 142 valence electrons. The van der Waals surface area contributed by atoms with E-state index in [0.29, 0.717) is 21.5 Å². The number of unbranched alkanes of at least 4 members (excludes halogenated alkanes) is 1. The quantitative estimate of drug-likeness (QED) is 0.490. The Bertz CT molecular complexity index is 1130. The van der Waals surface area contributed by atoms with Crippen molar-refractivity contribution in [2.75, 3.05) is 11.5 Å². The molecule has 4 aromatic rings. The molecule has 0 unspecified atom stereocenters. The van der Waals surface area contributed by atoms with E-state index in [9.17, 15) is 4.21 Å². The van der Waals surface area contributed by atoms with E-state index in [4.69, 9.17) is 15.7 Å². The summed E-state index contributed by atoms with van der Waals surface area (Å²) in [6.07, 6.45) is 5.36. The largest absolute Gasteiger partial charge is 0.396 e. The summed E-state index contributed by atoms with van der Waals surface area (Å²) in [6, 6.07) is 13.7. The third-order valence-electron chi connectivity index (χ3n) is 4.41. The lowest BCUT2D eigenvalue weighted by Gasteiger charge is -2.07. The maximum atomic E-state index is 12.8. The number of nitrogens with two attached hydrogens (primary N) is 1. The van der Waals surface area contributed by atoms with Gasteiger partial charge in [0.1, 0.15) is 9.04 Å². The molecule has 4 rings (SSSR count). The Morgan fingerprint density at radius 1 is 1.07 bits per heavy atom. The lowest BCUT2D eigenvalue weighted by molar-refractivity contribution is 0.681. The molecule has 0 bridgehead atoms. The van der Waals surface area contributed by atoms with Crippen LogP contribution < -0.4 is 5.73 Å². The molecule has 7 heteroatoms. The van der Waals surface area contributed by atoms with Crippen molar-refractivity contribution in [2.24, 2.45) is 0 Å². The van der Waals surface area contributed by atoms with Gasteiger partial charge >= 0.3 is 0 Å². The number of fused-ring (bicyclic) bond motifs is 1. The highest BCUT2D eigenvalue weighted by atomic mass is 32.2. The zero-order chi connectivity index (χ0) is 19.5. The van der Waals surface area contributed by atoms with Crippen LogP contribution in [0.5, 0.6) is 0 Å². The van der Waals surface area contributed by atoms with Gasteiger partial charge in [-0.25, -0.2) is 9.97 Å². The molecule has 5 nitrogen and oxygen atoms in total. The average molecular weight is 409 g/mol. The van der Waals surface area contributed by atoms with Crippen molar-refractivity contribution in [2.45, 2.75) is 24.0 Å². The summed E-state index contributed by atoms with van der Waals surface area (Å²) >= 11 is 1.40. The SMILES string of the molecule is CCCC[S@](=O)c1sc2nc(-c3cccnc3)nc(-c3ccccc3)c2c1N. The van der Waals surface area contributed by atoms with Crippen molar-refractivity contribution in [3.63, 3.8) is 0 Å². The van der Waals surface area contributed by atoms with Gasteiger partial charge in [-0.1, -0.05) is 43.7 Å². The molecule has 0 radical (unpaired) electrons. The Balaban J connectivity index is 1.95. The fraction of sp³-hybridized carbons (Fsp3) is 0.190. The lowest BCUT2D eigenvalue weighted by Crippen LogP contribution is -1.99.